The van der Waals surface area contributed by atoms with Gasteiger partial charge < -0.3 is 10.1 Å². The van der Waals surface area contributed by atoms with E-state index in [1.165, 1.54) is 13.2 Å². The van der Waals surface area contributed by atoms with Gasteiger partial charge in [-0.25, -0.2) is 4.39 Å². The molecule has 0 heterocycles. The molecule has 0 amide bonds. The molecule has 0 aliphatic heterocycles. The second kappa shape index (κ2) is 6.46. The highest BCUT2D eigenvalue weighted by Gasteiger charge is 2.20. The number of aryl methyl sites for hydroxylation is 2. The van der Waals surface area contributed by atoms with Crippen LogP contribution in [0.15, 0.2) is 30.3 Å². The SMILES string of the molecule is CNC(c1ccc(OC)cc1F)c1cc(C)c(C)cc1Cl. The summed E-state index contributed by atoms with van der Waals surface area (Å²) in [6, 6.07) is 8.47. The first-order valence-corrected chi connectivity index (χ1v) is 7.13. The first kappa shape index (κ1) is 15.8. The van der Waals surface area contributed by atoms with Crippen molar-refractivity contribution in [1.82, 2.24) is 5.32 Å². The van der Waals surface area contributed by atoms with Crippen LogP contribution in [0.4, 0.5) is 4.39 Å². The number of hydrogen-bond acceptors (Lipinski definition) is 2. The molecule has 1 N–H and O–H groups in total. The fourth-order valence-electron chi connectivity index (χ4n) is 2.37. The van der Waals surface area contributed by atoms with Gasteiger partial charge in [-0.3, -0.25) is 0 Å². The predicted molar refractivity (Wildman–Crippen MR) is 84.8 cm³/mol. The van der Waals surface area contributed by atoms with E-state index in [0.717, 1.165) is 16.7 Å². The monoisotopic (exact) mass is 307 g/mol. The standard InChI is InChI=1S/C17H19ClFNO/c1-10-7-14(15(18)8-11(10)2)17(20-3)13-6-5-12(21-4)9-16(13)19/h5-9,17,20H,1-4H3. The van der Waals surface area contributed by atoms with Crippen molar-refractivity contribution in [3.8, 4) is 5.75 Å². The van der Waals surface area contributed by atoms with Crippen LogP contribution in [0.3, 0.4) is 0 Å². The number of ether oxygens (including phenoxy) is 1. The summed E-state index contributed by atoms with van der Waals surface area (Å²) in [4.78, 5) is 0. The van der Waals surface area contributed by atoms with Gasteiger partial charge in [0.1, 0.15) is 11.6 Å². The van der Waals surface area contributed by atoms with Gasteiger partial charge >= 0.3 is 0 Å². The molecule has 0 fully saturated rings. The minimum atomic E-state index is -0.317. The molecule has 21 heavy (non-hydrogen) atoms. The van der Waals surface area contributed by atoms with Gasteiger partial charge in [0, 0.05) is 16.7 Å². The second-order valence-corrected chi connectivity index (χ2v) is 5.47. The van der Waals surface area contributed by atoms with E-state index in [4.69, 9.17) is 16.3 Å². The highest BCUT2D eigenvalue weighted by molar-refractivity contribution is 6.31. The number of hydrogen-bond donors (Lipinski definition) is 1. The summed E-state index contributed by atoms with van der Waals surface area (Å²) in [6.07, 6.45) is 0. The van der Waals surface area contributed by atoms with Crippen molar-refractivity contribution in [2.24, 2.45) is 0 Å². The predicted octanol–water partition coefficient (Wildman–Crippen LogP) is 4.41. The molecule has 0 saturated carbocycles. The molecule has 2 rings (SSSR count). The molecular formula is C17H19ClFNO. The first-order valence-electron chi connectivity index (χ1n) is 6.75. The molecule has 4 heteroatoms. The third-order valence-electron chi connectivity index (χ3n) is 3.73. The maximum Gasteiger partial charge on any atom is 0.132 e. The zero-order valence-corrected chi connectivity index (χ0v) is 13.4. The topological polar surface area (TPSA) is 21.3 Å². The Bertz CT molecular complexity index is 657. The van der Waals surface area contributed by atoms with Gasteiger partial charge in [-0.15, -0.1) is 0 Å². The molecule has 1 atom stereocenters. The van der Waals surface area contributed by atoms with Crippen LogP contribution in [0.5, 0.6) is 5.75 Å². The normalized spacial score (nSPS) is 12.3. The van der Waals surface area contributed by atoms with E-state index in [1.54, 1.807) is 19.2 Å². The van der Waals surface area contributed by atoms with Gasteiger partial charge in [-0.1, -0.05) is 23.7 Å². The van der Waals surface area contributed by atoms with Crippen LogP contribution >= 0.6 is 11.6 Å². The van der Waals surface area contributed by atoms with Crippen LogP contribution in [0.25, 0.3) is 0 Å². The molecule has 112 valence electrons. The maximum atomic E-state index is 14.3. The fourth-order valence-corrected chi connectivity index (χ4v) is 2.70. The van der Waals surface area contributed by atoms with Crippen molar-refractivity contribution in [2.45, 2.75) is 19.9 Å². The van der Waals surface area contributed by atoms with E-state index in [0.29, 0.717) is 16.3 Å². The van der Waals surface area contributed by atoms with Crippen molar-refractivity contribution < 1.29 is 9.13 Å². The Kier molecular flexibility index (Phi) is 4.86. The van der Waals surface area contributed by atoms with Gasteiger partial charge in [0.05, 0.1) is 13.2 Å². The van der Waals surface area contributed by atoms with Crippen LogP contribution in [0, 0.1) is 19.7 Å². The molecular weight excluding hydrogens is 289 g/mol. The van der Waals surface area contributed by atoms with Crippen LogP contribution in [0.2, 0.25) is 5.02 Å². The number of halogens is 2. The molecule has 0 aliphatic rings. The van der Waals surface area contributed by atoms with Crippen LogP contribution in [0.1, 0.15) is 28.3 Å². The Labute approximate surface area is 129 Å². The summed E-state index contributed by atoms with van der Waals surface area (Å²) in [6.45, 7) is 4.03. The second-order valence-electron chi connectivity index (χ2n) is 5.07. The Morgan fingerprint density at radius 1 is 1.10 bits per heavy atom. The van der Waals surface area contributed by atoms with Gasteiger partial charge in [0.2, 0.25) is 0 Å². The van der Waals surface area contributed by atoms with E-state index < -0.39 is 0 Å². The molecule has 0 aliphatic carbocycles. The zero-order chi connectivity index (χ0) is 15.6. The molecule has 1 unspecified atom stereocenters. The fraction of sp³-hybridized carbons (Fsp3) is 0.294. The highest BCUT2D eigenvalue weighted by atomic mass is 35.5. The van der Waals surface area contributed by atoms with E-state index in [-0.39, 0.29) is 11.9 Å². The van der Waals surface area contributed by atoms with Crippen molar-refractivity contribution in [3.05, 3.63) is 63.4 Å². The average Bonchev–Trinajstić information content (AvgIpc) is 2.46. The smallest absolute Gasteiger partial charge is 0.132 e. The Morgan fingerprint density at radius 2 is 1.76 bits per heavy atom. The largest absolute Gasteiger partial charge is 0.497 e. The minimum absolute atomic E-state index is 0.303. The summed E-state index contributed by atoms with van der Waals surface area (Å²) < 4.78 is 19.3. The third-order valence-corrected chi connectivity index (χ3v) is 4.06. The first-order chi connectivity index (χ1) is 9.97. The molecule has 2 nitrogen and oxygen atoms in total. The summed E-state index contributed by atoms with van der Waals surface area (Å²) >= 11 is 6.35. The van der Waals surface area contributed by atoms with E-state index in [1.807, 2.05) is 26.0 Å². The van der Waals surface area contributed by atoms with Crippen molar-refractivity contribution >= 4 is 11.6 Å². The quantitative estimate of drug-likeness (QED) is 0.903. The number of rotatable bonds is 4. The lowest BCUT2D eigenvalue weighted by atomic mass is 9.95. The third kappa shape index (κ3) is 3.20. The molecule has 2 aromatic rings. The lowest BCUT2D eigenvalue weighted by Crippen LogP contribution is -2.19. The minimum Gasteiger partial charge on any atom is -0.497 e. The molecule has 0 bridgehead atoms. The lowest BCUT2D eigenvalue weighted by Gasteiger charge is -2.21. The zero-order valence-electron chi connectivity index (χ0n) is 12.6. The summed E-state index contributed by atoms with van der Waals surface area (Å²) in [5, 5.41) is 3.77. The van der Waals surface area contributed by atoms with Gasteiger partial charge in [-0.2, -0.15) is 0 Å². The molecule has 0 radical (unpaired) electrons. The highest BCUT2D eigenvalue weighted by Crippen LogP contribution is 2.32. The summed E-state index contributed by atoms with van der Waals surface area (Å²) in [5.74, 6) is 0.181. The number of benzene rings is 2. The van der Waals surface area contributed by atoms with Crippen molar-refractivity contribution in [1.29, 1.82) is 0 Å². The van der Waals surface area contributed by atoms with Crippen molar-refractivity contribution in [3.63, 3.8) is 0 Å². The summed E-state index contributed by atoms with van der Waals surface area (Å²) in [5.41, 5.74) is 3.66. The maximum absolute atomic E-state index is 14.3. The molecule has 0 saturated heterocycles. The van der Waals surface area contributed by atoms with E-state index in [9.17, 15) is 4.39 Å². The van der Waals surface area contributed by atoms with Crippen LogP contribution < -0.4 is 10.1 Å². The van der Waals surface area contributed by atoms with Gasteiger partial charge in [0.15, 0.2) is 0 Å². The number of methoxy groups -OCH3 is 1. The Morgan fingerprint density at radius 3 is 2.33 bits per heavy atom. The number of nitrogens with one attached hydrogen (secondary N) is 1. The van der Waals surface area contributed by atoms with Crippen LogP contribution in [-0.2, 0) is 0 Å². The molecule has 0 aromatic heterocycles. The average molecular weight is 308 g/mol. The summed E-state index contributed by atoms with van der Waals surface area (Å²) in [7, 11) is 3.31. The van der Waals surface area contributed by atoms with Crippen molar-refractivity contribution in [2.75, 3.05) is 14.2 Å². The van der Waals surface area contributed by atoms with E-state index >= 15 is 0 Å². The Hall–Kier alpha value is -1.58. The molecule has 0 spiro atoms. The van der Waals surface area contributed by atoms with E-state index in [2.05, 4.69) is 5.32 Å². The van der Waals surface area contributed by atoms with Gasteiger partial charge in [-0.05, 0) is 49.7 Å². The Balaban J connectivity index is 2.52. The van der Waals surface area contributed by atoms with Gasteiger partial charge in [0.25, 0.3) is 0 Å². The molecule has 2 aromatic carbocycles. The van der Waals surface area contributed by atoms with Crippen LogP contribution in [-0.4, -0.2) is 14.2 Å². The lowest BCUT2D eigenvalue weighted by molar-refractivity contribution is 0.410.